The number of anilines is 1. The second-order valence-electron chi connectivity index (χ2n) is 4.51. The van der Waals surface area contributed by atoms with Gasteiger partial charge in [0.2, 0.25) is 0 Å². The highest BCUT2D eigenvalue weighted by Crippen LogP contribution is 2.35. The molecule has 8 heteroatoms. The van der Waals surface area contributed by atoms with Crippen molar-refractivity contribution in [2.45, 2.75) is 24.7 Å². The first kappa shape index (κ1) is 14.4. The molecular formula is C11H13ClF3N3O. The molecular weight excluding hydrogens is 283 g/mol. The molecule has 1 unspecified atom stereocenters. The third-order valence-corrected chi connectivity index (χ3v) is 3.36. The summed E-state index contributed by atoms with van der Waals surface area (Å²) in [5.41, 5.74) is 4.88. The molecule has 0 aliphatic carbocycles. The molecule has 1 aliphatic heterocycles. The highest BCUT2D eigenvalue weighted by atomic mass is 35.5. The van der Waals surface area contributed by atoms with Crippen LogP contribution in [0.15, 0.2) is 12.3 Å². The largest absolute Gasteiger partial charge is 0.417 e. The van der Waals surface area contributed by atoms with Gasteiger partial charge in [-0.3, -0.25) is 0 Å². The molecule has 1 aromatic rings. The first-order chi connectivity index (χ1) is 8.82. The number of aromatic nitrogens is 1. The molecule has 19 heavy (non-hydrogen) atoms. The molecule has 0 bridgehead atoms. The number of pyridine rings is 1. The van der Waals surface area contributed by atoms with Crippen LogP contribution in [0.4, 0.5) is 19.0 Å². The predicted octanol–water partition coefficient (Wildman–Crippen LogP) is 1.65. The third kappa shape index (κ3) is 2.93. The first-order valence-corrected chi connectivity index (χ1v) is 6.06. The summed E-state index contributed by atoms with van der Waals surface area (Å²) < 4.78 is 37.5. The van der Waals surface area contributed by atoms with Crippen LogP contribution in [0.3, 0.4) is 0 Å². The van der Waals surface area contributed by atoms with Crippen molar-refractivity contribution < 1.29 is 18.3 Å². The van der Waals surface area contributed by atoms with Crippen molar-refractivity contribution in [1.82, 2.24) is 4.98 Å². The fourth-order valence-corrected chi connectivity index (χ4v) is 2.46. The number of aliphatic hydroxyl groups excluding tert-OH is 1. The van der Waals surface area contributed by atoms with E-state index < -0.39 is 11.7 Å². The van der Waals surface area contributed by atoms with Crippen LogP contribution in [0.2, 0.25) is 5.02 Å². The van der Waals surface area contributed by atoms with E-state index in [9.17, 15) is 18.3 Å². The van der Waals surface area contributed by atoms with Gasteiger partial charge in [-0.1, -0.05) is 11.6 Å². The van der Waals surface area contributed by atoms with Crippen LogP contribution in [0, 0.1) is 0 Å². The summed E-state index contributed by atoms with van der Waals surface area (Å²) in [6, 6.07) is 0.413. The minimum atomic E-state index is -4.48. The zero-order chi connectivity index (χ0) is 14.2. The quantitative estimate of drug-likeness (QED) is 0.871. The van der Waals surface area contributed by atoms with E-state index in [-0.39, 0.29) is 29.5 Å². The van der Waals surface area contributed by atoms with E-state index in [0.29, 0.717) is 13.0 Å². The Morgan fingerprint density at radius 2 is 2.21 bits per heavy atom. The number of hydrogen-bond acceptors (Lipinski definition) is 4. The Balaban J connectivity index is 2.31. The lowest BCUT2D eigenvalue weighted by molar-refractivity contribution is -0.137. The number of rotatable bonds is 2. The maximum absolute atomic E-state index is 12.5. The highest BCUT2D eigenvalue weighted by molar-refractivity contribution is 6.33. The molecule has 106 valence electrons. The summed E-state index contributed by atoms with van der Waals surface area (Å²) in [5, 5.41) is 9.15. The van der Waals surface area contributed by atoms with Crippen molar-refractivity contribution in [1.29, 1.82) is 0 Å². The monoisotopic (exact) mass is 295 g/mol. The van der Waals surface area contributed by atoms with Crippen LogP contribution < -0.4 is 10.6 Å². The fraction of sp³-hybridized carbons (Fsp3) is 0.545. The SMILES string of the molecule is NC1C[C@@H](CO)N(c2ncc(C(F)(F)F)cc2Cl)C1. The molecule has 0 aromatic carbocycles. The topological polar surface area (TPSA) is 62.4 Å². The van der Waals surface area contributed by atoms with Gasteiger partial charge in [0.05, 0.1) is 23.2 Å². The molecule has 1 aromatic heterocycles. The molecule has 3 N–H and O–H groups in total. The van der Waals surface area contributed by atoms with Crippen molar-refractivity contribution in [3.05, 3.63) is 22.8 Å². The maximum Gasteiger partial charge on any atom is 0.417 e. The van der Waals surface area contributed by atoms with Crippen LogP contribution in [0.25, 0.3) is 0 Å². The van der Waals surface area contributed by atoms with Crippen LogP contribution in [-0.2, 0) is 6.18 Å². The normalized spacial score (nSPS) is 24.0. The number of halogens is 4. The first-order valence-electron chi connectivity index (χ1n) is 5.68. The zero-order valence-corrected chi connectivity index (χ0v) is 10.6. The van der Waals surface area contributed by atoms with Gasteiger partial charge in [-0.2, -0.15) is 13.2 Å². The van der Waals surface area contributed by atoms with Crippen LogP contribution >= 0.6 is 11.6 Å². The van der Waals surface area contributed by atoms with Crippen LogP contribution in [0.5, 0.6) is 0 Å². The van der Waals surface area contributed by atoms with Gasteiger partial charge in [0, 0.05) is 18.8 Å². The fourth-order valence-electron chi connectivity index (χ4n) is 2.18. The average molecular weight is 296 g/mol. The van der Waals surface area contributed by atoms with E-state index in [1.807, 2.05) is 0 Å². The van der Waals surface area contributed by atoms with Crippen molar-refractivity contribution in [3.63, 3.8) is 0 Å². The second kappa shape index (κ2) is 5.15. The molecule has 0 saturated carbocycles. The molecule has 1 fully saturated rings. The van der Waals surface area contributed by atoms with E-state index in [2.05, 4.69) is 4.98 Å². The zero-order valence-electron chi connectivity index (χ0n) is 9.86. The van der Waals surface area contributed by atoms with E-state index >= 15 is 0 Å². The number of aliphatic hydroxyl groups is 1. The molecule has 2 heterocycles. The van der Waals surface area contributed by atoms with Gasteiger partial charge in [-0.05, 0) is 12.5 Å². The molecule has 0 radical (unpaired) electrons. The van der Waals surface area contributed by atoms with Gasteiger partial charge in [0.25, 0.3) is 0 Å². The van der Waals surface area contributed by atoms with E-state index in [4.69, 9.17) is 17.3 Å². The van der Waals surface area contributed by atoms with Gasteiger partial charge in [-0.25, -0.2) is 4.98 Å². The Kier molecular flexibility index (Phi) is 3.89. The molecule has 4 nitrogen and oxygen atoms in total. The Morgan fingerprint density at radius 1 is 1.53 bits per heavy atom. The minimum Gasteiger partial charge on any atom is -0.394 e. The van der Waals surface area contributed by atoms with E-state index in [1.165, 1.54) is 0 Å². The molecule has 0 amide bonds. The smallest absolute Gasteiger partial charge is 0.394 e. The lowest BCUT2D eigenvalue weighted by atomic mass is 10.2. The van der Waals surface area contributed by atoms with E-state index in [1.54, 1.807) is 4.90 Å². The number of nitrogens with zero attached hydrogens (tertiary/aromatic N) is 2. The minimum absolute atomic E-state index is 0.0950. The van der Waals surface area contributed by atoms with Crippen LogP contribution in [0.1, 0.15) is 12.0 Å². The summed E-state index contributed by atoms with van der Waals surface area (Å²) in [5.74, 6) is 0.224. The van der Waals surface area contributed by atoms with Gasteiger partial charge >= 0.3 is 6.18 Å². The van der Waals surface area contributed by atoms with Crippen molar-refractivity contribution in [2.24, 2.45) is 5.73 Å². The summed E-state index contributed by atoms with van der Waals surface area (Å²) in [7, 11) is 0. The summed E-state index contributed by atoms with van der Waals surface area (Å²) in [4.78, 5) is 5.41. The Hall–Kier alpha value is -1.05. The number of hydrogen-bond donors (Lipinski definition) is 2. The summed E-state index contributed by atoms with van der Waals surface area (Å²) >= 11 is 5.86. The molecule has 1 aliphatic rings. The molecule has 0 spiro atoms. The Morgan fingerprint density at radius 3 is 2.74 bits per heavy atom. The lowest BCUT2D eigenvalue weighted by Gasteiger charge is -2.25. The second-order valence-corrected chi connectivity index (χ2v) is 4.92. The predicted molar refractivity (Wildman–Crippen MR) is 65.1 cm³/mol. The number of nitrogens with two attached hydrogens (primary N) is 1. The Labute approximate surface area is 113 Å². The van der Waals surface area contributed by atoms with Gasteiger partial charge in [0.1, 0.15) is 5.82 Å². The van der Waals surface area contributed by atoms with Gasteiger partial charge in [0.15, 0.2) is 0 Å². The summed E-state index contributed by atoms with van der Waals surface area (Å²) in [6.07, 6.45) is -3.19. The Bertz CT molecular complexity index is 469. The van der Waals surface area contributed by atoms with Gasteiger partial charge in [-0.15, -0.1) is 0 Å². The molecule has 2 rings (SSSR count). The molecule has 1 saturated heterocycles. The van der Waals surface area contributed by atoms with Crippen molar-refractivity contribution in [2.75, 3.05) is 18.1 Å². The third-order valence-electron chi connectivity index (χ3n) is 3.08. The van der Waals surface area contributed by atoms with Crippen molar-refractivity contribution in [3.8, 4) is 0 Å². The maximum atomic E-state index is 12.5. The lowest BCUT2D eigenvalue weighted by Crippen LogP contribution is -2.33. The average Bonchev–Trinajstić information content (AvgIpc) is 2.69. The highest BCUT2D eigenvalue weighted by Gasteiger charge is 2.35. The van der Waals surface area contributed by atoms with Crippen LogP contribution in [-0.4, -0.2) is 35.3 Å². The van der Waals surface area contributed by atoms with E-state index in [0.717, 1.165) is 12.3 Å². The molecule has 2 atom stereocenters. The van der Waals surface area contributed by atoms with Crippen molar-refractivity contribution >= 4 is 17.4 Å². The van der Waals surface area contributed by atoms with Gasteiger partial charge < -0.3 is 15.7 Å². The summed E-state index contributed by atoms with van der Waals surface area (Å²) in [6.45, 7) is 0.260. The number of alkyl halides is 3. The standard InChI is InChI=1S/C11H13ClF3N3O/c12-9-1-6(11(13,14)15)3-17-10(9)18-4-7(16)2-8(18)5-19/h1,3,7-8,19H,2,4-5,16H2/t7?,8-/m0/s1.